The Hall–Kier alpha value is -3.12. The second kappa shape index (κ2) is 5.89. The zero-order valence-electron chi connectivity index (χ0n) is 11.2. The minimum absolute atomic E-state index is 0.465. The van der Waals surface area contributed by atoms with Crippen molar-refractivity contribution in [2.45, 2.75) is 0 Å². The number of ether oxygens (including phenoxy) is 1. The van der Waals surface area contributed by atoms with Crippen molar-refractivity contribution in [3.05, 3.63) is 78.6 Å². The lowest BCUT2D eigenvalue weighted by Gasteiger charge is -2.07. The first-order chi connectivity index (χ1) is 10.4. The Balaban J connectivity index is 1.84. The first-order valence-corrected chi connectivity index (χ1v) is 6.54. The molecule has 0 N–H and O–H groups in total. The van der Waals surface area contributed by atoms with E-state index in [2.05, 4.69) is 23.2 Å². The van der Waals surface area contributed by atoms with Crippen LogP contribution in [0.5, 0.6) is 11.5 Å². The molecule has 0 bridgehead atoms. The van der Waals surface area contributed by atoms with Crippen LogP contribution in [0, 0.1) is 11.3 Å². The largest absolute Gasteiger partial charge is 0.454 e. The molecule has 3 aromatic rings. The molecule has 0 saturated heterocycles. The van der Waals surface area contributed by atoms with Crippen molar-refractivity contribution in [2.24, 2.45) is 0 Å². The third-order valence-electron chi connectivity index (χ3n) is 3.09. The molecule has 0 aliphatic heterocycles. The van der Waals surface area contributed by atoms with Gasteiger partial charge in [-0.2, -0.15) is 5.26 Å². The predicted molar refractivity (Wildman–Crippen MR) is 80.9 cm³/mol. The van der Waals surface area contributed by atoms with Gasteiger partial charge in [-0.1, -0.05) is 42.5 Å². The lowest BCUT2D eigenvalue weighted by atomic mass is 10.1. The minimum atomic E-state index is 0.465. The Bertz CT molecular complexity index is 774. The number of hydrogen-bond acceptors (Lipinski definition) is 3. The molecule has 0 radical (unpaired) electrons. The molecular formula is C18H12N2O. The molecule has 3 rings (SSSR count). The second-order valence-electron chi connectivity index (χ2n) is 4.48. The quantitative estimate of drug-likeness (QED) is 0.709. The molecule has 0 atom stereocenters. The normalized spacial score (nSPS) is 9.86. The molecule has 0 fully saturated rings. The molecule has 0 saturated carbocycles. The molecule has 100 valence electrons. The van der Waals surface area contributed by atoms with E-state index in [0.717, 1.165) is 11.1 Å². The molecule has 21 heavy (non-hydrogen) atoms. The summed E-state index contributed by atoms with van der Waals surface area (Å²) < 4.78 is 5.71. The summed E-state index contributed by atoms with van der Waals surface area (Å²) in [5.41, 5.74) is 2.75. The highest BCUT2D eigenvalue weighted by molar-refractivity contribution is 5.64. The Labute approximate surface area is 123 Å². The van der Waals surface area contributed by atoms with Crippen LogP contribution in [0.15, 0.2) is 73.1 Å². The van der Waals surface area contributed by atoms with Crippen LogP contribution in [-0.2, 0) is 0 Å². The number of aromatic nitrogens is 1. The maximum Gasteiger partial charge on any atom is 0.163 e. The Morgan fingerprint density at radius 1 is 0.857 bits per heavy atom. The van der Waals surface area contributed by atoms with E-state index >= 15 is 0 Å². The maximum atomic E-state index is 9.03. The van der Waals surface area contributed by atoms with Crippen LogP contribution in [0.25, 0.3) is 11.1 Å². The van der Waals surface area contributed by atoms with Gasteiger partial charge in [-0.3, -0.25) is 4.98 Å². The number of hydrogen-bond donors (Lipinski definition) is 0. The lowest BCUT2D eigenvalue weighted by molar-refractivity contribution is 0.479. The molecule has 0 amide bonds. The number of benzene rings is 2. The minimum Gasteiger partial charge on any atom is -0.454 e. The number of pyridine rings is 1. The van der Waals surface area contributed by atoms with E-state index in [4.69, 9.17) is 10.00 Å². The van der Waals surface area contributed by atoms with Gasteiger partial charge in [-0.05, 0) is 29.3 Å². The molecule has 1 aromatic heterocycles. The highest BCUT2D eigenvalue weighted by Crippen LogP contribution is 2.26. The van der Waals surface area contributed by atoms with E-state index < -0.39 is 0 Å². The highest BCUT2D eigenvalue weighted by Gasteiger charge is 2.04. The van der Waals surface area contributed by atoms with Crippen molar-refractivity contribution < 1.29 is 4.74 Å². The first-order valence-electron chi connectivity index (χ1n) is 6.54. The Morgan fingerprint density at radius 2 is 1.57 bits per heavy atom. The fraction of sp³-hybridized carbons (Fsp3) is 0. The Morgan fingerprint density at radius 3 is 2.29 bits per heavy atom. The van der Waals surface area contributed by atoms with Crippen molar-refractivity contribution in [3.8, 4) is 28.7 Å². The number of rotatable bonds is 3. The van der Waals surface area contributed by atoms with E-state index in [0.29, 0.717) is 17.1 Å². The third-order valence-corrected chi connectivity index (χ3v) is 3.09. The number of nitriles is 1. The summed E-state index contributed by atoms with van der Waals surface area (Å²) >= 11 is 0. The molecular weight excluding hydrogens is 260 g/mol. The SMILES string of the molecule is N#Cc1ccncc1Oc1ccc(-c2ccccc2)cc1. The fourth-order valence-electron chi connectivity index (χ4n) is 2.03. The molecule has 0 aliphatic carbocycles. The fourth-order valence-corrected chi connectivity index (χ4v) is 2.03. The van der Waals surface area contributed by atoms with Crippen LogP contribution in [0.1, 0.15) is 5.56 Å². The van der Waals surface area contributed by atoms with Gasteiger partial charge < -0.3 is 4.74 Å². The summed E-state index contributed by atoms with van der Waals surface area (Å²) in [5.74, 6) is 1.15. The van der Waals surface area contributed by atoms with Gasteiger partial charge in [0.25, 0.3) is 0 Å². The first kappa shape index (κ1) is 12.9. The molecule has 0 spiro atoms. The average Bonchev–Trinajstić information content (AvgIpc) is 2.57. The smallest absolute Gasteiger partial charge is 0.163 e. The molecule has 3 nitrogen and oxygen atoms in total. The summed E-state index contributed by atoms with van der Waals surface area (Å²) in [5, 5.41) is 9.03. The van der Waals surface area contributed by atoms with Gasteiger partial charge in [0.15, 0.2) is 5.75 Å². The van der Waals surface area contributed by atoms with Gasteiger partial charge >= 0.3 is 0 Å². The van der Waals surface area contributed by atoms with Crippen molar-refractivity contribution in [3.63, 3.8) is 0 Å². The van der Waals surface area contributed by atoms with E-state index in [1.54, 1.807) is 18.5 Å². The van der Waals surface area contributed by atoms with Crippen LogP contribution in [-0.4, -0.2) is 4.98 Å². The monoisotopic (exact) mass is 272 g/mol. The zero-order valence-corrected chi connectivity index (χ0v) is 11.2. The van der Waals surface area contributed by atoms with Crippen LogP contribution >= 0.6 is 0 Å². The third kappa shape index (κ3) is 2.90. The van der Waals surface area contributed by atoms with Gasteiger partial charge in [0.05, 0.1) is 11.8 Å². The zero-order chi connectivity index (χ0) is 14.5. The van der Waals surface area contributed by atoms with Crippen molar-refractivity contribution >= 4 is 0 Å². The molecule has 0 unspecified atom stereocenters. The topological polar surface area (TPSA) is 45.9 Å². The van der Waals surface area contributed by atoms with Gasteiger partial charge in [-0.15, -0.1) is 0 Å². The van der Waals surface area contributed by atoms with Gasteiger partial charge in [0.2, 0.25) is 0 Å². The lowest BCUT2D eigenvalue weighted by Crippen LogP contribution is -1.89. The van der Waals surface area contributed by atoms with Crippen molar-refractivity contribution in [1.29, 1.82) is 5.26 Å². The summed E-state index contributed by atoms with van der Waals surface area (Å²) in [7, 11) is 0. The van der Waals surface area contributed by atoms with Gasteiger partial charge in [0, 0.05) is 6.20 Å². The molecule has 1 heterocycles. The Kier molecular flexibility index (Phi) is 3.62. The second-order valence-corrected chi connectivity index (χ2v) is 4.48. The van der Waals surface area contributed by atoms with Crippen LogP contribution in [0.2, 0.25) is 0 Å². The van der Waals surface area contributed by atoms with E-state index in [1.807, 2.05) is 42.5 Å². The van der Waals surface area contributed by atoms with Crippen LogP contribution < -0.4 is 4.74 Å². The summed E-state index contributed by atoms with van der Waals surface area (Å²) in [4.78, 5) is 3.98. The summed E-state index contributed by atoms with van der Waals surface area (Å²) in [6.45, 7) is 0. The number of nitrogens with zero attached hydrogens (tertiary/aromatic N) is 2. The van der Waals surface area contributed by atoms with E-state index in [9.17, 15) is 0 Å². The maximum absolute atomic E-state index is 9.03. The molecule has 0 aliphatic rings. The van der Waals surface area contributed by atoms with Gasteiger partial charge in [-0.25, -0.2) is 0 Å². The highest BCUT2D eigenvalue weighted by atomic mass is 16.5. The predicted octanol–water partition coefficient (Wildman–Crippen LogP) is 4.41. The van der Waals surface area contributed by atoms with Gasteiger partial charge in [0.1, 0.15) is 11.8 Å². The van der Waals surface area contributed by atoms with Crippen molar-refractivity contribution in [1.82, 2.24) is 4.98 Å². The van der Waals surface area contributed by atoms with Crippen LogP contribution in [0.3, 0.4) is 0 Å². The standard InChI is InChI=1S/C18H12N2O/c19-12-16-10-11-20-13-18(16)21-17-8-6-15(7-9-17)14-4-2-1-3-5-14/h1-11,13H. The molecule has 2 aromatic carbocycles. The van der Waals surface area contributed by atoms with E-state index in [1.165, 1.54) is 0 Å². The molecule has 3 heteroatoms. The van der Waals surface area contributed by atoms with E-state index in [-0.39, 0.29) is 0 Å². The average molecular weight is 272 g/mol. The van der Waals surface area contributed by atoms with Crippen molar-refractivity contribution in [2.75, 3.05) is 0 Å². The van der Waals surface area contributed by atoms with Crippen LogP contribution in [0.4, 0.5) is 0 Å². The summed E-state index contributed by atoms with van der Waals surface area (Å²) in [6.07, 6.45) is 3.12. The summed E-state index contributed by atoms with van der Waals surface area (Å²) in [6, 6.07) is 21.6.